The fraction of sp³-hybridized carbons (Fsp3) is 0.833. The molecular weight excluding hydrogens is 250 g/mol. The van der Waals surface area contributed by atoms with Gasteiger partial charge < -0.3 is 14.9 Å². The topological polar surface area (TPSA) is 71.2 Å². The standard InChI is InChI=1S/C12H19N3O2S/c16-12(4-6-13-7-5-12)11-14-10(15-17-11)9-3-1-2-8-18-9/h9,13,16H,1-8H2. The summed E-state index contributed by atoms with van der Waals surface area (Å²) in [6.45, 7) is 1.60. The van der Waals surface area contributed by atoms with E-state index in [0.717, 1.165) is 25.3 Å². The van der Waals surface area contributed by atoms with Crippen LogP contribution in [0.2, 0.25) is 0 Å². The van der Waals surface area contributed by atoms with Crippen molar-refractivity contribution >= 4 is 11.8 Å². The zero-order valence-corrected chi connectivity index (χ0v) is 11.2. The third kappa shape index (κ3) is 2.41. The predicted octanol–water partition coefficient (Wildman–Crippen LogP) is 1.60. The summed E-state index contributed by atoms with van der Waals surface area (Å²) in [6, 6.07) is 0. The molecule has 2 fully saturated rings. The SMILES string of the molecule is OC1(c2nc(C3CCCCS3)no2)CCNCC1. The van der Waals surface area contributed by atoms with Gasteiger partial charge in [-0.1, -0.05) is 11.6 Å². The summed E-state index contributed by atoms with van der Waals surface area (Å²) in [5.41, 5.74) is -0.921. The number of piperidine rings is 1. The molecule has 2 saturated heterocycles. The molecule has 1 unspecified atom stereocenters. The van der Waals surface area contributed by atoms with Crippen molar-refractivity contribution in [3.63, 3.8) is 0 Å². The van der Waals surface area contributed by atoms with Crippen molar-refractivity contribution in [3.8, 4) is 0 Å². The van der Waals surface area contributed by atoms with Crippen LogP contribution in [0.4, 0.5) is 0 Å². The van der Waals surface area contributed by atoms with E-state index in [-0.39, 0.29) is 0 Å². The number of aliphatic hydroxyl groups is 1. The van der Waals surface area contributed by atoms with Gasteiger partial charge in [0.1, 0.15) is 5.60 Å². The molecule has 1 atom stereocenters. The highest BCUT2D eigenvalue weighted by Gasteiger charge is 2.37. The molecule has 0 aliphatic carbocycles. The minimum atomic E-state index is -0.921. The molecule has 1 aromatic heterocycles. The molecule has 100 valence electrons. The number of rotatable bonds is 2. The largest absolute Gasteiger partial charge is 0.380 e. The fourth-order valence-electron chi connectivity index (χ4n) is 2.55. The fourth-order valence-corrected chi connectivity index (χ4v) is 3.79. The van der Waals surface area contributed by atoms with Crippen LogP contribution in [0.3, 0.4) is 0 Å². The van der Waals surface area contributed by atoms with Crippen LogP contribution in [-0.2, 0) is 5.60 Å². The maximum Gasteiger partial charge on any atom is 0.258 e. The summed E-state index contributed by atoms with van der Waals surface area (Å²) in [7, 11) is 0. The first-order chi connectivity index (χ1) is 8.78. The highest BCUT2D eigenvalue weighted by Crippen LogP contribution is 2.38. The van der Waals surface area contributed by atoms with Gasteiger partial charge in [0.15, 0.2) is 5.82 Å². The number of aromatic nitrogens is 2. The molecule has 0 aromatic carbocycles. The van der Waals surface area contributed by atoms with Crippen molar-refractivity contribution < 1.29 is 9.63 Å². The van der Waals surface area contributed by atoms with E-state index >= 15 is 0 Å². The van der Waals surface area contributed by atoms with E-state index in [0.29, 0.717) is 24.0 Å². The van der Waals surface area contributed by atoms with Crippen LogP contribution in [0, 0.1) is 0 Å². The van der Waals surface area contributed by atoms with Gasteiger partial charge in [-0.25, -0.2) is 0 Å². The van der Waals surface area contributed by atoms with Crippen molar-refractivity contribution in [3.05, 3.63) is 11.7 Å². The van der Waals surface area contributed by atoms with Crippen molar-refractivity contribution in [2.24, 2.45) is 0 Å². The van der Waals surface area contributed by atoms with Crippen LogP contribution in [-0.4, -0.2) is 34.1 Å². The Hall–Kier alpha value is -0.590. The molecule has 2 N–H and O–H groups in total. The Balaban J connectivity index is 1.75. The van der Waals surface area contributed by atoms with Gasteiger partial charge in [0.2, 0.25) is 0 Å². The van der Waals surface area contributed by atoms with Gasteiger partial charge in [-0.15, -0.1) is 0 Å². The Morgan fingerprint density at radius 1 is 1.33 bits per heavy atom. The molecule has 2 aliphatic rings. The second kappa shape index (κ2) is 5.19. The number of hydrogen-bond acceptors (Lipinski definition) is 6. The number of nitrogens with zero attached hydrogens (tertiary/aromatic N) is 2. The second-order valence-corrected chi connectivity index (χ2v) is 6.41. The van der Waals surface area contributed by atoms with E-state index in [1.165, 1.54) is 18.6 Å². The third-order valence-corrected chi connectivity index (χ3v) is 5.11. The molecule has 3 heterocycles. The molecular formula is C12H19N3O2S. The van der Waals surface area contributed by atoms with Crippen molar-refractivity contribution in [1.29, 1.82) is 0 Å². The summed E-state index contributed by atoms with van der Waals surface area (Å²) < 4.78 is 5.31. The molecule has 0 spiro atoms. The van der Waals surface area contributed by atoms with Crippen molar-refractivity contribution in [2.75, 3.05) is 18.8 Å². The Bertz CT molecular complexity index is 398. The molecule has 3 rings (SSSR count). The maximum absolute atomic E-state index is 10.5. The van der Waals surface area contributed by atoms with E-state index in [1.807, 2.05) is 11.8 Å². The van der Waals surface area contributed by atoms with Crippen LogP contribution in [0.1, 0.15) is 49.1 Å². The Morgan fingerprint density at radius 2 is 2.17 bits per heavy atom. The lowest BCUT2D eigenvalue weighted by molar-refractivity contribution is -0.0228. The minimum Gasteiger partial charge on any atom is -0.380 e. The summed E-state index contributed by atoms with van der Waals surface area (Å²) in [6.07, 6.45) is 4.92. The summed E-state index contributed by atoms with van der Waals surface area (Å²) >= 11 is 1.90. The Labute approximate surface area is 111 Å². The first-order valence-corrected chi connectivity index (χ1v) is 7.72. The van der Waals surface area contributed by atoms with Crippen LogP contribution < -0.4 is 5.32 Å². The van der Waals surface area contributed by atoms with Crippen LogP contribution >= 0.6 is 11.8 Å². The van der Waals surface area contributed by atoms with E-state index in [9.17, 15) is 5.11 Å². The van der Waals surface area contributed by atoms with Crippen LogP contribution in [0.15, 0.2) is 4.52 Å². The van der Waals surface area contributed by atoms with E-state index in [4.69, 9.17) is 4.52 Å². The highest BCUT2D eigenvalue weighted by molar-refractivity contribution is 7.99. The molecule has 1 aromatic rings. The van der Waals surface area contributed by atoms with Gasteiger partial charge in [-0.2, -0.15) is 16.7 Å². The molecule has 18 heavy (non-hydrogen) atoms. The zero-order chi connectivity index (χ0) is 12.4. The molecule has 2 aliphatic heterocycles. The number of nitrogens with one attached hydrogen (secondary N) is 1. The first kappa shape index (κ1) is 12.4. The Morgan fingerprint density at radius 3 is 2.89 bits per heavy atom. The summed E-state index contributed by atoms with van der Waals surface area (Å²) in [5, 5.41) is 18.2. The van der Waals surface area contributed by atoms with Crippen LogP contribution in [0.25, 0.3) is 0 Å². The maximum atomic E-state index is 10.5. The second-order valence-electron chi connectivity index (χ2n) is 5.09. The molecule has 0 amide bonds. The third-order valence-electron chi connectivity index (χ3n) is 3.74. The number of thioether (sulfide) groups is 1. The van der Waals surface area contributed by atoms with E-state index in [1.54, 1.807) is 0 Å². The van der Waals surface area contributed by atoms with Crippen molar-refractivity contribution in [1.82, 2.24) is 15.5 Å². The van der Waals surface area contributed by atoms with Gasteiger partial charge in [-0.3, -0.25) is 0 Å². The molecule has 6 heteroatoms. The van der Waals surface area contributed by atoms with Crippen LogP contribution in [0.5, 0.6) is 0 Å². The molecule has 5 nitrogen and oxygen atoms in total. The van der Waals surface area contributed by atoms with Gasteiger partial charge >= 0.3 is 0 Å². The average molecular weight is 269 g/mol. The normalized spacial score (nSPS) is 28.2. The van der Waals surface area contributed by atoms with E-state index in [2.05, 4.69) is 15.5 Å². The van der Waals surface area contributed by atoms with Gasteiger partial charge in [0.05, 0.1) is 5.25 Å². The highest BCUT2D eigenvalue weighted by atomic mass is 32.2. The molecule has 0 bridgehead atoms. The minimum absolute atomic E-state index is 0.349. The molecule has 0 radical (unpaired) electrons. The van der Waals surface area contributed by atoms with Gasteiger partial charge in [0.25, 0.3) is 5.89 Å². The Kier molecular flexibility index (Phi) is 3.59. The quantitative estimate of drug-likeness (QED) is 0.849. The predicted molar refractivity (Wildman–Crippen MR) is 69.3 cm³/mol. The van der Waals surface area contributed by atoms with E-state index < -0.39 is 5.60 Å². The monoisotopic (exact) mass is 269 g/mol. The molecule has 0 saturated carbocycles. The summed E-state index contributed by atoms with van der Waals surface area (Å²) in [4.78, 5) is 4.45. The smallest absolute Gasteiger partial charge is 0.258 e. The van der Waals surface area contributed by atoms with Crippen molar-refractivity contribution in [2.45, 2.75) is 43.0 Å². The van der Waals surface area contributed by atoms with Gasteiger partial charge in [0, 0.05) is 0 Å². The zero-order valence-electron chi connectivity index (χ0n) is 10.4. The lowest BCUT2D eigenvalue weighted by Crippen LogP contribution is -2.40. The number of hydrogen-bond donors (Lipinski definition) is 2. The lowest BCUT2D eigenvalue weighted by atomic mass is 9.92. The average Bonchev–Trinajstić information content (AvgIpc) is 2.91. The first-order valence-electron chi connectivity index (χ1n) is 6.67. The lowest BCUT2D eigenvalue weighted by Gasteiger charge is -2.28. The summed E-state index contributed by atoms with van der Waals surface area (Å²) in [5.74, 6) is 2.34. The van der Waals surface area contributed by atoms with Gasteiger partial charge in [-0.05, 0) is 44.5 Å².